The minimum atomic E-state index is -0.431. The molecule has 7 nitrogen and oxygen atoms in total. The van der Waals surface area contributed by atoms with Gasteiger partial charge in [-0.3, -0.25) is 19.9 Å². The maximum atomic E-state index is 11.6. The van der Waals surface area contributed by atoms with Crippen molar-refractivity contribution in [1.29, 1.82) is 0 Å². The van der Waals surface area contributed by atoms with Gasteiger partial charge in [-0.25, -0.2) is 4.98 Å². The van der Waals surface area contributed by atoms with E-state index < -0.39 is 11.1 Å². The Morgan fingerprint density at radius 1 is 1.24 bits per heavy atom. The monoisotopic (exact) mass is 372 g/mol. The van der Waals surface area contributed by atoms with Crippen molar-refractivity contribution in [1.82, 2.24) is 15.3 Å². The molecule has 4 rings (SSSR count). The molecular formula is C16H9ClN4O3S. The van der Waals surface area contributed by atoms with Crippen molar-refractivity contribution >= 4 is 62.9 Å². The quantitative estimate of drug-likeness (QED) is 0.530. The SMILES string of the molecule is O=C1NC(=O)/C(=C\c2cc3cncc(Nc4ccc(Cl)nc4)c3o2)S1. The van der Waals surface area contributed by atoms with Crippen LogP contribution < -0.4 is 10.6 Å². The number of thioether (sulfide) groups is 1. The fourth-order valence-corrected chi connectivity index (χ4v) is 3.07. The number of hydrogen-bond donors (Lipinski definition) is 2. The maximum Gasteiger partial charge on any atom is 0.290 e. The predicted octanol–water partition coefficient (Wildman–Crippen LogP) is 3.94. The number of pyridine rings is 2. The van der Waals surface area contributed by atoms with Gasteiger partial charge in [0, 0.05) is 17.7 Å². The summed E-state index contributed by atoms with van der Waals surface area (Å²) >= 11 is 6.62. The van der Waals surface area contributed by atoms with Crippen LogP contribution in [0.15, 0.2) is 46.1 Å². The van der Waals surface area contributed by atoms with Crippen LogP contribution in [-0.4, -0.2) is 21.1 Å². The van der Waals surface area contributed by atoms with E-state index in [0.717, 1.165) is 22.8 Å². The summed E-state index contributed by atoms with van der Waals surface area (Å²) in [6, 6.07) is 5.20. The fourth-order valence-electron chi connectivity index (χ4n) is 2.30. The largest absolute Gasteiger partial charge is 0.454 e. The van der Waals surface area contributed by atoms with Crippen molar-refractivity contribution in [3.63, 3.8) is 0 Å². The van der Waals surface area contributed by atoms with Crippen molar-refractivity contribution in [3.8, 4) is 0 Å². The molecule has 124 valence electrons. The third kappa shape index (κ3) is 3.21. The molecule has 1 saturated heterocycles. The number of carbonyl (C=O) groups is 2. The van der Waals surface area contributed by atoms with Crippen molar-refractivity contribution in [2.24, 2.45) is 0 Å². The van der Waals surface area contributed by atoms with E-state index in [-0.39, 0.29) is 4.91 Å². The molecule has 0 unspecified atom stereocenters. The molecule has 25 heavy (non-hydrogen) atoms. The Morgan fingerprint density at radius 3 is 2.84 bits per heavy atom. The van der Waals surface area contributed by atoms with Crippen LogP contribution in [0.2, 0.25) is 5.15 Å². The lowest BCUT2D eigenvalue weighted by molar-refractivity contribution is -0.115. The van der Waals surface area contributed by atoms with Gasteiger partial charge in [0.15, 0.2) is 5.58 Å². The summed E-state index contributed by atoms with van der Waals surface area (Å²) in [7, 11) is 0. The summed E-state index contributed by atoms with van der Waals surface area (Å²) in [4.78, 5) is 31.3. The first-order valence-corrected chi connectivity index (χ1v) is 8.29. The summed E-state index contributed by atoms with van der Waals surface area (Å²) in [5.74, 6) is 0.0202. The topological polar surface area (TPSA) is 97.1 Å². The Bertz CT molecular complexity index is 1030. The second-order valence-electron chi connectivity index (χ2n) is 5.10. The number of imide groups is 1. The van der Waals surface area contributed by atoms with Gasteiger partial charge in [0.1, 0.15) is 16.6 Å². The molecule has 2 amide bonds. The van der Waals surface area contributed by atoms with Crippen LogP contribution in [0, 0.1) is 0 Å². The summed E-state index contributed by atoms with van der Waals surface area (Å²) in [6.07, 6.45) is 6.40. The highest BCUT2D eigenvalue weighted by Crippen LogP contribution is 2.31. The molecule has 4 heterocycles. The lowest BCUT2D eigenvalue weighted by Crippen LogP contribution is -2.17. The number of fused-ring (bicyclic) bond motifs is 1. The Balaban J connectivity index is 1.69. The molecule has 3 aromatic heterocycles. The second kappa shape index (κ2) is 6.23. The molecular weight excluding hydrogens is 364 g/mol. The molecule has 0 saturated carbocycles. The number of nitrogens with one attached hydrogen (secondary N) is 2. The van der Waals surface area contributed by atoms with E-state index in [1.807, 2.05) is 0 Å². The van der Waals surface area contributed by atoms with Gasteiger partial charge in [0.2, 0.25) is 0 Å². The van der Waals surface area contributed by atoms with Crippen LogP contribution in [0.4, 0.5) is 16.2 Å². The normalized spacial score (nSPS) is 15.8. The van der Waals surface area contributed by atoms with Crippen molar-refractivity contribution in [3.05, 3.63) is 52.6 Å². The van der Waals surface area contributed by atoms with Gasteiger partial charge in [-0.2, -0.15) is 0 Å². The first-order valence-electron chi connectivity index (χ1n) is 7.09. The van der Waals surface area contributed by atoms with Crippen molar-refractivity contribution in [2.75, 3.05) is 5.32 Å². The molecule has 1 aliphatic heterocycles. The Kier molecular flexibility index (Phi) is 3.90. The van der Waals surface area contributed by atoms with E-state index in [1.165, 1.54) is 6.08 Å². The summed E-state index contributed by atoms with van der Waals surface area (Å²) in [5.41, 5.74) is 1.95. The highest BCUT2D eigenvalue weighted by atomic mass is 35.5. The zero-order valence-corrected chi connectivity index (χ0v) is 14.0. The third-order valence-electron chi connectivity index (χ3n) is 3.36. The number of hydrogen-bond acceptors (Lipinski definition) is 7. The Hall–Kier alpha value is -2.84. The molecule has 1 fully saturated rings. The van der Waals surface area contributed by atoms with E-state index in [0.29, 0.717) is 22.2 Å². The Morgan fingerprint density at radius 2 is 2.12 bits per heavy atom. The standard InChI is InChI=1S/C16H9ClN4O3S/c17-13-2-1-9(6-19-13)20-11-7-18-5-8-3-10(24-14(8)11)4-12-15(22)21-16(23)25-12/h1-7,20H,(H,21,22,23)/b12-4+. The van der Waals surface area contributed by atoms with Gasteiger partial charge in [0.05, 0.1) is 23.0 Å². The number of rotatable bonds is 3. The van der Waals surface area contributed by atoms with Gasteiger partial charge < -0.3 is 9.73 Å². The van der Waals surface area contributed by atoms with Crippen LogP contribution in [0.25, 0.3) is 17.0 Å². The number of nitrogens with zero attached hydrogens (tertiary/aromatic N) is 2. The van der Waals surface area contributed by atoms with Gasteiger partial charge in [-0.15, -0.1) is 0 Å². The molecule has 0 bridgehead atoms. The average Bonchev–Trinajstić information content (AvgIpc) is 3.13. The van der Waals surface area contributed by atoms with Crippen molar-refractivity contribution < 1.29 is 14.0 Å². The minimum absolute atomic E-state index is 0.286. The number of halogens is 1. The first kappa shape index (κ1) is 15.7. The minimum Gasteiger partial charge on any atom is -0.454 e. The zero-order valence-electron chi connectivity index (χ0n) is 12.4. The van der Waals surface area contributed by atoms with Gasteiger partial charge in [-0.05, 0) is 30.0 Å². The van der Waals surface area contributed by atoms with Crippen LogP contribution in [0.3, 0.4) is 0 Å². The van der Waals surface area contributed by atoms with Gasteiger partial charge >= 0.3 is 0 Å². The molecule has 0 spiro atoms. The van der Waals surface area contributed by atoms with E-state index in [4.69, 9.17) is 16.0 Å². The van der Waals surface area contributed by atoms with Crippen LogP contribution in [-0.2, 0) is 4.79 Å². The molecule has 3 aromatic rings. The maximum absolute atomic E-state index is 11.6. The highest BCUT2D eigenvalue weighted by molar-refractivity contribution is 8.18. The molecule has 9 heteroatoms. The first-order chi connectivity index (χ1) is 12.1. The molecule has 0 radical (unpaired) electrons. The average molecular weight is 373 g/mol. The van der Waals surface area contributed by atoms with Crippen LogP contribution >= 0.6 is 23.4 Å². The highest BCUT2D eigenvalue weighted by Gasteiger charge is 2.25. The number of amides is 2. The van der Waals surface area contributed by atoms with Crippen LogP contribution in [0.1, 0.15) is 5.76 Å². The van der Waals surface area contributed by atoms with E-state index >= 15 is 0 Å². The van der Waals surface area contributed by atoms with Gasteiger partial charge in [-0.1, -0.05) is 11.6 Å². The molecule has 0 aromatic carbocycles. The number of aromatic nitrogens is 2. The number of carbonyl (C=O) groups excluding carboxylic acids is 2. The van der Waals surface area contributed by atoms with E-state index in [1.54, 1.807) is 36.8 Å². The van der Waals surface area contributed by atoms with Crippen molar-refractivity contribution in [2.45, 2.75) is 0 Å². The molecule has 2 N–H and O–H groups in total. The smallest absolute Gasteiger partial charge is 0.290 e. The number of furan rings is 1. The van der Waals surface area contributed by atoms with E-state index in [9.17, 15) is 9.59 Å². The third-order valence-corrected chi connectivity index (χ3v) is 4.40. The fraction of sp³-hybridized carbons (Fsp3) is 0. The lowest BCUT2D eigenvalue weighted by Gasteiger charge is -2.05. The number of anilines is 2. The molecule has 1 aliphatic rings. The lowest BCUT2D eigenvalue weighted by atomic mass is 10.3. The van der Waals surface area contributed by atoms with E-state index in [2.05, 4.69) is 20.6 Å². The summed E-state index contributed by atoms with van der Waals surface area (Å²) in [5, 5.41) is 6.12. The van der Waals surface area contributed by atoms with Crippen LogP contribution in [0.5, 0.6) is 0 Å². The zero-order chi connectivity index (χ0) is 17.4. The summed E-state index contributed by atoms with van der Waals surface area (Å²) in [6.45, 7) is 0. The second-order valence-corrected chi connectivity index (χ2v) is 6.50. The Labute approximate surface area is 150 Å². The summed E-state index contributed by atoms with van der Waals surface area (Å²) < 4.78 is 5.81. The van der Waals surface area contributed by atoms with Gasteiger partial charge in [0.25, 0.3) is 11.1 Å². The molecule has 0 atom stereocenters. The molecule has 0 aliphatic carbocycles. The predicted molar refractivity (Wildman–Crippen MR) is 95.6 cm³/mol.